The smallest absolute Gasteiger partial charge is 0.256 e. The maximum absolute atomic E-state index is 12.1. The first kappa shape index (κ1) is 11.8. The van der Waals surface area contributed by atoms with E-state index in [2.05, 4.69) is 0 Å². The Hall–Kier alpha value is -1.29. The van der Waals surface area contributed by atoms with Crippen molar-refractivity contribution in [2.75, 3.05) is 7.05 Å². The van der Waals surface area contributed by atoms with Crippen molar-refractivity contribution in [1.29, 1.82) is 0 Å². The van der Waals surface area contributed by atoms with Crippen molar-refractivity contribution in [2.45, 2.75) is 6.23 Å². The normalized spacial score (nSPS) is 18.6. The lowest BCUT2D eigenvalue weighted by molar-refractivity contribution is 0.0174. The minimum absolute atomic E-state index is 0.259. The molecule has 2 aromatic carbocycles. The van der Waals surface area contributed by atoms with E-state index >= 15 is 0 Å². The molecule has 3 rings (SSSR count). The van der Waals surface area contributed by atoms with Crippen molar-refractivity contribution in [3.63, 3.8) is 0 Å². The molecule has 92 valence electrons. The summed E-state index contributed by atoms with van der Waals surface area (Å²) in [4.78, 5) is 13.4. The van der Waals surface area contributed by atoms with Crippen molar-refractivity contribution in [3.8, 4) is 0 Å². The number of carbonyl (C=O) groups excluding carboxylic acids is 1. The minimum atomic E-state index is -0.953. The van der Waals surface area contributed by atoms with Crippen LogP contribution in [-0.2, 0) is 0 Å². The van der Waals surface area contributed by atoms with Crippen LogP contribution in [0, 0.1) is 0 Å². The van der Waals surface area contributed by atoms with Gasteiger partial charge < -0.3 is 10.0 Å². The molecule has 5 heteroatoms. The number of aliphatic hydroxyl groups excluding tert-OH is 1. The minimum Gasteiger partial charge on any atom is -0.369 e. The van der Waals surface area contributed by atoms with Gasteiger partial charge in [0.1, 0.15) is 0 Å². The number of amides is 1. The van der Waals surface area contributed by atoms with Gasteiger partial charge in [0.25, 0.3) is 5.91 Å². The first-order chi connectivity index (χ1) is 8.52. The number of carbonyl (C=O) groups is 1. The molecular formula is C13H9Cl2NO2. The number of nitrogens with zero attached hydrogens (tertiary/aromatic N) is 1. The second kappa shape index (κ2) is 3.85. The number of hydrogen-bond acceptors (Lipinski definition) is 2. The van der Waals surface area contributed by atoms with Crippen molar-refractivity contribution >= 4 is 39.9 Å². The molecule has 1 N–H and O–H groups in total. The Morgan fingerprint density at radius 1 is 1.33 bits per heavy atom. The standard InChI is InChI=1S/C13H9Cl2NO2/c1-16-12(17)7-4-2-3-6-10(7)8(13(16)18)5-9(14)11(6)15/h2-5,12,17H,1H3. The Labute approximate surface area is 114 Å². The molecule has 0 fully saturated rings. The van der Waals surface area contributed by atoms with Crippen LogP contribution in [0.1, 0.15) is 22.1 Å². The monoisotopic (exact) mass is 281 g/mol. The molecule has 1 atom stereocenters. The van der Waals surface area contributed by atoms with Gasteiger partial charge in [-0.2, -0.15) is 0 Å². The Balaban J connectivity index is 2.52. The van der Waals surface area contributed by atoms with Crippen LogP contribution in [-0.4, -0.2) is 23.0 Å². The van der Waals surface area contributed by atoms with Gasteiger partial charge in [-0.05, 0) is 6.07 Å². The van der Waals surface area contributed by atoms with Gasteiger partial charge in [0.15, 0.2) is 6.23 Å². The third kappa shape index (κ3) is 1.38. The number of benzene rings is 2. The second-order valence-corrected chi connectivity index (χ2v) is 5.06. The van der Waals surface area contributed by atoms with Gasteiger partial charge in [-0.25, -0.2) is 0 Å². The van der Waals surface area contributed by atoms with E-state index in [9.17, 15) is 9.90 Å². The topological polar surface area (TPSA) is 40.5 Å². The van der Waals surface area contributed by atoms with Crippen LogP contribution in [0.4, 0.5) is 0 Å². The molecule has 18 heavy (non-hydrogen) atoms. The van der Waals surface area contributed by atoms with Crippen LogP contribution in [0.5, 0.6) is 0 Å². The van der Waals surface area contributed by atoms with E-state index in [-0.39, 0.29) is 5.91 Å². The number of rotatable bonds is 0. The highest BCUT2D eigenvalue weighted by Gasteiger charge is 2.31. The predicted octanol–water partition coefficient (Wildman–Crippen LogP) is 3.22. The zero-order valence-corrected chi connectivity index (χ0v) is 11.0. The largest absolute Gasteiger partial charge is 0.369 e. The highest BCUT2D eigenvalue weighted by molar-refractivity contribution is 6.46. The van der Waals surface area contributed by atoms with Crippen LogP contribution in [0.2, 0.25) is 10.0 Å². The van der Waals surface area contributed by atoms with E-state index < -0.39 is 6.23 Å². The van der Waals surface area contributed by atoms with Gasteiger partial charge in [0.2, 0.25) is 0 Å². The fourth-order valence-corrected chi connectivity index (χ4v) is 2.76. The fraction of sp³-hybridized carbons (Fsp3) is 0.154. The van der Waals surface area contributed by atoms with E-state index in [1.807, 2.05) is 0 Å². The summed E-state index contributed by atoms with van der Waals surface area (Å²) in [6.45, 7) is 0. The molecule has 0 bridgehead atoms. The van der Waals surface area contributed by atoms with Gasteiger partial charge in [-0.15, -0.1) is 0 Å². The van der Waals surface area contributed by atoms with Gasteiger partial charge in [0, 0.05) is 28.9 Å². The van der Waals surface area contributed by atoms with E-state index in [1.165, 1.54) is 4.90 Å². The first-order valence-electron chi connectivity index (χ1n) is 5.38. The third-order valence-electron chi connectivity index (χ3n) is 3.28. The molecule has 0 aliphatic carbocycles. The molecule has 1 aliphatic rings. The molecule has 1 aliphatic heterocycles. The van der Waals surface area contributed by atoms with Gasteiger partial charge in [-0.1, -0.05) is 41.4 Å². The fourth-order valence-electron chi connectivity index (χ4n) is 2.34. The Morgan fingerprint density at radius 3 is 2.78 bits per heavy atom. The molecule has 0 saturated carbocycles. The van der Waals surface area contributed by atoms with Crippen LogP contribution in [0.3, 0.4) is 0 Å². The highest BCUT2D eigenvalue weighted by atomic mass is 35.5. The molecular weight excluding hydrogens is 273 g/mol. The number of aliphatic hydroxyl groups is 1. The Kier molecular flexibility index (Phi) is 2.52. The SMILES string of the molecule is CN1C(=O)c2cc(Cl)c(Cl)c3cccc(c23)C1O. The van der Waals surface area contributed by atoms with Gasteiger partial charge in [0.05, 0.1) is 10.0 Å². The predicted molar refractivity (Wildman–Crippen MR) is 71.0 cm³/mol. The lowest BCUT2D eigenvalue weighted by Crippen LogP contribution is -2.34. The summed E-state index contributed by atoms with van der Waals surface area (Å²) >= 11 is 12.2. The zero-order chi connectivity index (χ0) is 13.0. The van der Waals surface area contributed by atoms with Crippen LogP contribution in [0.15, 0.2) is 24.3 Å². The molecule has 2 aromatic rings. The van der Waals surface area contributed by atoms with Crippen LogP contribution >= 0.6 is 23.2 Å². The van der Waals surface area contributed by atoms with Crippen molar-refractivity contribution in [2.24, 2.45) is 0 Å². The van der Waals surface area contributed by atoms with E-state index in [4.69, 9.17) is 23.2 Å². The lowest BCUT2D eigenvalue weighted by atomic mass is 9.94. The Bertz CT molecular complexity index is 684. The Morgan fingerprint density at radius 2 is 2.06 bits per heavy atom. The molecule has 0 saturated heterocycles. The quantitative estimate of drug-likeness (QED) is 0.806. The molecule has 1 amide bonds. The molecule has 3 nitrogen and oxygen atoms in total. The maximum Gasteiger partial charge on any atom is 0.256 e. The van der Waals surface area contributed by atoms with E-state index in [0.29, 0.717) is 31.9 Å². The summed E-state index contributed by atoms with van der Waals surface area (Å²) in [6, 6.07) is 6.92. The second-order valence-electron chi connectivity index (χ2n) is 4.28. The van der Waals surface area contributed by atoms with Crippen molar-refractivity contribution in [3.05, 3.63) is 45.4 Å². The first-order valence-corrected chi connectivity index (χ1v) is 6.14. The van der Waals surface area contributed by atoms with Gasteiger partial charge in [-0.3, -0.25) is 4.79 Å². The molecule has 1 unspecified atom stereocenters. The van der Waals surface area contributed by atoms with Crippen molar-refractivity contribution < 1.29 is 9.90 Å². The third-order valence-corrected chi connectivity index (χ3v) is 4.08. The average Bonchev–Trinajstić information content (AvgIpc) is 2.38. The molecule has 1 heterocycles. The van der Waals surface area contributed by atoms with Crippen LogP contribution < -0.4 is 0 Å². The highest BCUT2D eigenvalue weighted by Crippen LogP contribution is 2.40. The summed E-state index contributed by atoms with van der Waals surface area (Å²) < 4.78 is 0. The summed E-state index contributed by atoms with van der Waals surface area (Å²) in [6.07, 6.45) is -0.953. The summed E-state index contributed by atoms with van der Waals surface area (Å²) in [5.74, 6) is -0.259. The maximum atomic E-state index is 12.1. The van der Waals surface area contributed by atoms with E-state index in [1.54, 1.807) is 31.3 Å². The molecule has 0 spiro atoms. The molecule has 0 aromatic heterocycles. The number of hydrogen-bond donors (Lipinski definition) is 1. The number of halogens is 2. The molecule has 0 radical (unpaired) electrons. The zero-order valence-electron chi connectivity index (χ0n) is 9.45. The summed E-state index contributed by atoms with van der Waals surface area (Å²) in [5.41, 5.74) is 1.14. The summed E-state index contributed by atoms with van der Waals surface area (Å²) in [7, 11) is 1.55. The average molecular weight is 282 g/mol. The lowest BCUT2D eigenvalue weighted by Gasteiger charge is -2.31. The summed E-state index contributed by atoms with van der Waals surface area (Å²) in [5, 5.41) is 12.2. The van der Waals surface area contributed by atoms with E-state index in [0.717, 1.165) is 0 Å². The van der Waals surface area contributed by atoms with Crippen LogP contribution in [0.25, 0.3) is 10.8 Å². The van der Waals surface area contributed by atoms with Crippen molar-refractivity contribution in [1.82, 2.24) is 4.90 Å². The van der Waals surface area contributed by atoms with Gasteiger partial charge >= 0.3 is 0 Å².